The molecule has 0 spiro atoms. The second-order valence-electron chi connectivity index (χ2n) is 3.60. The molecule has 6 heteroatoms. The molecule has 1 rings (SSSR count). The number of rotatable bonds is 4. The predicted octanol–water partition coefficient (Wildman–Crippen LogP) is 1.65. The van der Waals surface area contributed by atoms with Crippen molar-refractivity contribution < 1.29 is 13.2 Å². The van der Waals surface area contributed by atoms with E-state index in [-0.39, 0.29) is 0 Å². The van der Waals surface area contributed by atoms with Crippen molar-refractivity contribution in [1.29, 1.82) is 0 Å². The minimum absolute atomic E-state index is 0.295. The summed E-state index contributed by atoms with van der Waals surface area (Å²) in [7, 11) is 1.30. The first-order valence-electron chi connectivity index (χ1n) is 4.65. The van der Waals surface area contributed by atoms with Gasteiger partial charge in [0, 0.05) is 10.7 Å². The summed E-state index contributed by atoms with van der Waals surface area (Å²) in [5.74, 6) is -0.393. The van der Waals surface area contributed by atoms with Crippen LogP contribution in [0.25, 0.3) is 0 Å². The maximum absolute atomic E-state index is 11.2. The van der Waals surface area contributed by atoms with Gasteiger partial charge in [0.2, 0.25) is 5.91 Å². The zero-order valence-corrected chi connectivity index (χ0v) is 9.86. The number of halogens is 1. The molecule has 4 nitrogen and oxygen atoms in total. The van der Waals surface area contributed by atoms with Gasteiger partial charge < -0.3 is 0 Å². The summed E-state index contributed by atoms with van der Waals surface area (Å²) < 4.78 is 23.1. The number of amides is 1. The number of β-lactam (4-membered cyclic amide) rings is 1. The van der Waals surface area contributed by atoms with Crippen LogP contribution in [-0.2, 0) is 14.0 Å². The number of carbonyl (C=O) groups excluding carboxylic acids is 1. The van der Waals surface area contributed by atoms with E-state index < -0.39 is 20.7 Å². The van der Waals surface area contributed by atoms with Crippen LogP contribution in [0.2, 0.25) is 0 Å². The Bertz CT molecular complexity index is 340. The van der Waals surface area contributed by atoms with Crippen LogP contribution in [0.15, 0.2) is 0 Å². The molecule has 0 N–H and O–H groups in total. The van der Waals surface area contributed by atoms with Crippen LogP contribution < -0.4 is 0 Å². The van der Waals surface area contributed by atoms with Gasteiger partial charge in [0.15, 0.2) is 0 Å². The highest BCUT2D eigenvalue weighted by molar-refractivity contribution is 8.12. The Morgan fingerprint density at radius 1 is 1.50 bits per heavy atom. The quantitative estimate of drug-likeness (QED) is 0.554. The van der Waals surface area contributed by atoms with Crippen molar-refractivity contribution in [2.45, 2.75) is 45.1 Å². The van der Waals surface area contributed by atoms with E-state index in [1.807, 2.05) is 13.8 Å². The molecule has 0 aromatic rings. The molecular weight excluding hydrogens is 226 g/mol. The fourth-order valence-corrected chi connectivity index (χ4v) is 3.78. The van der Waals surface area contributed by atoms with Crippen LogP contribution >= 0.6 is 10.7 Å². The third-order valence-electron chi connectivity index (χ3n) is 2.73. The van der Waals surface area contributed by atoms with Gasteiger partial charge in [-0.1, -0.05) is 20.3 Å². The number of hydrogen-bond donors (Lipinski definition) is 0. The Hall–Kier alpha value is -0.290. The second-order valence-corrected chi connectivity index (χ2v) is 5.96. The van der Waals surface area contributed by atoms with Crippen LogP contribution in [0.5, 0.6) is 0 Å². The summed E-state index contributed by atoms with van der Waals surface area (Å²) in [5.41, 5.74) is -0.549. The molecule has 0 bridgehead atoms. The fourth-order valence-electron chi connectivity index (χ4n) is 2.05. The van der Waals surface area contributed by atoms with Crippen LogP contribution in [0.3, 0.4) is 0 Å². The number of carbonyl (C=O) groups is 1. The first-order chi connectivity index (χ1) is 6.37. The van der Waals surface area contributed by atoms with Gasteiger partial charge >= 0.3 is 9.24 Å². The minimum Gasteiger partial charge on any atom is -0.274 e. The zero-order valence-electron chi connectivity index (χ0n) is 8.29. The first-order valence-corrected chi connectivity index (χ1v) is 6.92. The van der Waals surface area contributed by atoms with Gasteiger partial charge in [-0.15, -0.1) is 0 Å². The Labute approximate surface area is 88.8 Å². The van der Waals surface area contributed by atoms with Gasteiger partial charge in [0.05, 0.1) is 12.0 Å². The molecule has 14 heavy (non-hydrogen) atoms. The van der Waals surface area contributed by atoms with Gasteiger partial charge in [-0.2, -0.15) is 8.42 Å². The van der Waals surface area contributed by atoms with Crippen molar-refractivity contribution in [3.63, 3.8) is 0 Å². The Morgan fingerprint density at radius 3 is 2.36 bits per heavy atom. The lowest BCUT2D eigenvalue weighted by atomic mass is 9.80. The van der Waals surface area contributed by atoms with Gasteiger partial charge in [-0.05, 0) is 12.8 Å². The van der Waals surface area contributed by atoms with Crippen LogP contribution in [-0.4, -0.2) is 24.2 Å². The van der Waals surface area contributed by atoms with E-state index in [9.17, 15) is 13.2 Å². The van der Waals surface area contributed by atoms with Crippen molar-refractivity contribution >= 4 is 25.8 Å². The first kappa shape index (κ1) is 11.8. The van der Waals surface area contributed by atoms with E-state index in [1.54, 1.807) is 0 Å². The lowest BCUT2D eigenvalue weighted by Crippen LogP contribution is -2.64. The summed E-state index contributed by atoms with van der Waals surface area (Å²) in [5, 5.41) is 0. The van der Waals surface area contributed by atoms with Crippen LogP contribution in [0.4, 0.5) is 0 Å². The van der Waals surface area contributed by atoms with Crippen molar-refractivity contribution in [2.24, 2.45) is 0 Å². The van der Waals surface area contributed by atoms with Crippen molar-refractivity contribution in [1.82, 2.24) is 4.31 Å². The summed E-state index contributed by atoms with van der Waals surface area (Å²) >= 11 is 0. The Morgan fingerprint density at radius 2 is 2.07 bits per heavy atom. The summed E-state index contributed by atoms with van der Waals surface area (Å²) in [6, 6.07) is 0. The molecule has 0 saturated carbocycles. The molecule has 1 fully saturated rings. The topological polar surface area (TPSA) is 54.5 Å². The smallest absolute Gasteiger partial charge is 0.274 e. The van der Waals surface area contributed by atoms with E-state index in [4.69, 9.17) is 10.7 Å². The summed E-state index contributed by atoms with van der Waals surface area (Å²) in [4.78, 5) is 11.2. The maximum atomic E-state index is 11.2. The standard InChI is InChI=1S/C8H14ClNO3S/c1-3-5-8(4-2)6-7(11)10(8)14(9,12)13/h3-6H2,1-2H3. The van der Waals surface area contributed by atoms with E-state index in [0.717, 1.165) is 10.7 Å². The monoisotopic (exact) mass is 239 g/mol. The minimum atomic E-state index is -3.90. The molecule has 1 heterocycles. The van der Waals surface area contributed by atoms with Gasteiger partial charge in [-0.3, -0.25) is 4.79 Å². The van der Waals surface area contributed by atoms with Gasteiger partial charge in [0.25, 0.3) is 0 Å². The van der Waals surface area contributed by atoms with Gasteiger partial charge in [0.1, 0.15) is 0 Å². The highest BCUT2D eigenvalue weighted by Gasteiger charge is 2.54. The number of hydrogen-bond acceptors (Lipinski definition) is 3. The molecule has 1 aliphatic rings. The lowest BCUT2D eigenvalue weighted by Gasteiger charge is -2.49. The molecule has 82 valence electrons. The molecule has 0 aliphatic carbocycles. The third kappa shape index (κ3) is 1.75. The maximum Gasteiger partial charge on any atom is 0.324 e. The van der Waals surface area contributed by atoms with Crippen molar-refractivity contribution in [2.75, 3.05) is 0 Å². The van der Waals surface area contributed by atoms with E-state index >= 15 is 0 Å². The van der Waals surface area contributed by atoms with E-state index in [1.165, 1.54) is 0 Å². The SMILES string of the molecule is CCCC1(CC)CC(=O)N1S(=O)(=O)Cl. The number of nitrogens with zero attached hydrogens (tertiary/aromatic N) is 1. The molecule has 0 aromatic carbocycles. The predicted molar refractivity (Wildman–Crippen MR) is 54.2 cm³/mol. The highest BCUT2D eigenvalue weighted by Crippen LogP contribution is 2.42. The zero-order chi connectivity index (χ0) is 11.0. The molecule has 0 radical (unpaired) electrons. The lowest BCUT2D eigenvalue weighted by molar-refractivity contribution is -0.146. The molecule has 1 atom stereocenters. The highest BCUT2D eigenvalue weighted by atomic mass is 35.7. The average Bonchev–Trinajstić information content (AvgIpc) is 1.99. The Kier molecular flexibility index (Phi) is 3.11. The molecule has 1 aliphatic heterocycles. The molecule has 1 amide bonds. The van der Waals surface area contributed by atoms with Crippen molar-refractivity contribution in [3.05, 3.63) is 0 Å². The fraction of sp³-hybridized carbons (Fsp3) is 0.875. The Balaban J connectivity index is 2.97. The van der Waals surface area contributed by atoms with E-state index in [0.29, 0.717) is 19.3 Å². The van der Waals surface area contributed by atoms with Crippen LogP contribution in [0, 0.1) is 0 Å². The molecule has 1 saturated heterocycles. The molecule has 0 aromatic heterocycles. The van der Waals surface area contributed by atoms with Gasteiger partial charge in [-0.25, -0.2) is 4.31 Å². The normalized spacial score (nSPS) is 27.6. The largest absolute Gasteiger partial charge is 0.324 e. The van der Waals surface area contributed by atoms with Crippen LogP contribution in [0.1, 0.15) is 39.5 Å². The second kappa shape index (κ2) is 3.70. The third-order valence-corrected chi connectivity index (χ3v) is 4.17. The molecular formula is C8H14ClNO3S. The average molecular weight is 240 g/mol. The van der Waals surface area contributed by atoms with E-state index in [2.05, 4.69) is 0 Å². The summed E-state index contributed by atoms with van der Waals surface area (Å²) in [6.07, 6.45) is 2.44. The molecule has 1 unspecified atom stereocenters. The summed E-state index contributed by atoms with van der Waals surface area (Å²) in [6.45, 7) is 3.83. The van der Waals surface area contributed by atoms with Crippen molar-refractivity contribution in [3.8, 4) is 0 Å².